The molecule has 1 aromatic rings. The van der Waals surface area contributed by atoms with Gasteiger partial charge in [-0.15, -0.1) is 0 Å². The second-order valence-corrected chi connectivity index (χ2v) is 2.29. The van der Waals surface area contributed by atoms with Gasteiger partial charge in [0.1, 0.15) is 0 Å². The molecule has 64 valence electrons. The molecule has 0 saturated heterocycles. The Balaban J connectivity index is 2.36. The van der Waals surface area contributed by atoms with Crippen molar-refractivity contribution < 1.29 is 4.84 Å². The first-order valence-electron chi connectivity index (χ1n) is 4.02. The number of nitrogens with one attached hydrogen (secondary N) is 1. The number of hydrogen-bond acceptors (Lipinski definition) is 2. The molecule has 0 amide bonds. The van der Waals surface area contributed by atoms with Crippen LogP contribution in [0.5, 0.6) is 0 Å². The predicted octanol–water partition coefficient (Wildman–Crippen LogP) is 2.20. The summed E-state index contributed by atoms with van der Waals surface area (Å²) in [6.07, 6.45) is 3.73. The van der Waals surface area contributed by atoms with Gasteiger partial charge in [-0.2, -0.15) is 0 Å². The minimum absolute atomic E-state index is 0.666. The third-order valence-corrected chi connectivity index (χ3v) is 1.37. The van der Waals surface area contributed by atoms with Crippen LogP contribution < -0.4 is 5.48 Å². The monoisotopic (exact) mass is 163 g/mol. The fourth-order valence-electron chi connectivity index (χ4n) is 0.826. The second-order valence-electron chi connectivity index (χ2n) is 2.29. The summed E-state index contributed by atoms with van der Waals surface area (Å²) in [5, 5.41) is 0. The zero-order valence-corrected chi connectivity index (χ0v) is 7.16. The van der Waals surface area contributed by atoms with Gasteiger partial charge in [0, 0.05) is 6.20 Å². The highest BCUT2D eigenvalue weighted by Gasteiger charge is 1.80. The molecular weight excluding hydrogens is 150 g/mol. The summed E-state index contributed by atoms with van der Waals surface area (Å²) in [6.45, 7) is 2.60. The highest BCUT2D eigenvalue weighted by molar-refractivity contribution is 5.47. The Kier molecular flexibility index (Phi) is 3.95. The Morgan fingerprint density at radius 2 is 2.08 bits per heavy atom. The Labute approximate surface area is 72.8 Å². The van der Waals surface area contributed by atoms with Crippen LogP contribution >= 0.6 is 0 Å². The molecule has 0 spiro atoms. The van der Waals surface area contributed by atoms with E-state index in [0.717, 1.165) is 5.56 Å². The summed E-state index contributed by atoms with van der Waals surface area (Å²) >= 11 is 0. The molecule has 0 atom stereocenters. The maximum absolute atomic E-state index is 4.92. The molecule has 0 radical (unpaired) electrons. The van der Waals surface area contributed by atoms with Crippen LogP contribution in [0.3, 0.4) is 0 Å². The van der Waals surface area contributed by atoms with Gasteiger partial charge < -0.3 is 0 Å². The lowest BCUT2D eigenvalue weighted by atomic mass is 10.2. The fraction of sp³-hybridized carbons (Fsp3) is 0.200. The van der Waals surface area contributed by atoms with Gasteiger partial charge in [0.15, 0.2) is 0 Å². The van der Waals surface area contributed by atoms with Gasteiger partial charge in [-0.3, -0.25) is 10.3 Å². The molecule has 0 fully saturated rings. The van der Waals surface area contributed by atoms with Gasteiger partial charge in [0.2, 0.25) is 0 Å². The van der Waals surface area contributed by atoms with Crippen LogP contribution in [0.1, 0.15) is 12.5 Å². The van der Waals surface area contributed by atoms with E-state index in [0.29, 0.717) is 6.61 Å². The first-order valence-corrected chi connectivity index (χ1v) is 4.02. The van der Waals surface area contributed by atoms with Gasteiger partial charge in [0.05, 0.1) is 6.61 Å². The zero-order chi connectivity index (χ0) is 8.65. The topological polar surface area (TPSA) is 21.3 Å². The first kappa shape index (κ1) is 8.81. The van der Waals surface area contributed by atoms with Crippen molar-refractivity contribution in [1.82, 2.24) is 5.48 Å². The molecule has 2 heteroatoms. The molecule has 0 unspecified atom stereocenters. The maximum Gasteiger partial charge on any atom is 0.0717 e. The first-order chi connectivity index (χ1) is 5.93. The van der Waals surface area contributed by atoms with Gasteiger partial charge in [-0.1, -0.05) is 30.3 Å². The normalized spacial score (nSPS) is 10.4. The smallest absolute Gasteiger partial charge is 0.0717 e. The van der Waals surface area contributed by atoms with E-state index in [2.05, 4.69) is 5.48 Å². The van der Waals surface area contributed by atoms with Crippen molar-refractivity contribution in [2.45, 2.75) is 6.92 Å². The molecule has 0 aliphatic carbocycles. The molecule has 0 bridgehead atoms. The van der Waals surface area contributed by atoms with Crippen LogP contribution in [0.25, 0.3) is 6.08 Å². The van der Waals surface area contributed by atoms with E-state index in [9.17, 15) is 0 Å². The lowest BCUT2D eigenvalue weighted by Crippen LogP contribution is -2.04. The van der Waals surface area contributed by atoms with Gasteiger partial charge >= 0.3 is 0 Å². The highest BCUT2D eigenvalue weighted by atomic mass is 16.6. The molecule has 1 rings (SSSR count). The molecule has 0 aliphatic rings. The molecule has 2 nitrogen and oxygen atoms in total. The summed E-state index contributed by atoms with van der Waals surface area (Å²) in [5.41, 5.74) is 3.86. The van der Waals surface area contributed by atoms with E-state index >= 15 is 0 Å². The van der Waals surface area contributed by atoms with Crippen LogP contribution in [0, 0.1) is 0 Å². The largest absolute Gasteiger partial charge is 0.277 e. The average molecular weight is 163 g/mol. The van der Waals surface area contributed by atoms with Gasteiger partial charge in [0.25, 0.3) is 0 Å². The summed E-state index contributed by atoms with van der Waals surface area (Å²) in [7, 11) is 0. The van der Waals surface area contributed by atoms with E-state index in [1.54, 1.807) is 6.20 Å². The van der Waals surface area contributed by atoms with Crippen molar-refractivity contribution in [3.05, 3.63) is 42.1 Å². The molecule has 12 heavy (non-hydrogen) atoms. The van der Waals surface area contributed by atoms with Gasteiger partial charge in [-0.05, 0) is 18.6 Å². The standard InChI is InChI=1S/C10H13NO/c1-2-12-11-9-8-10-6-4-3-5-7-10/h3-9,11H,2H2,1H3/b9-8+. The van der Waals surface area contributed by atoms with E-state index in [4.69, 9.17) is 4.84 Å². The lowest BCUT2D eigenvalue weighted by molar-refractivity contribution is 0.0831. The van der Waals surface area contributed by atoms with Crippen LogP contribution in [-0.4, -0.2) is 6.61 Å². The van der Waals surface area contributed by atoms with E-state index in [-0.39, 0.29) is 0 Å². The molecular formula is C10H13NO. The molecule has 1 aromatic carbocycles. The SMILES string of the molecule is CCON/C=C/c1ccccc1. The second kappa shape index (κ2) is 5.38. The Morgan fingerprint density at radius 1 is 1.33 bits per heavy atom. The number of hydrogen-bond donors (Lipinski definition) is 1. The molecule has 0 aliphatic heterocycles. The predicted molar refractivity (Wildman–Crippen MR) is 50.2 cm³/mol. The quantitative estimate of drug-likeness (QED) is 0.542. The van der Waals surface area contributed by atoms with Crippen molar-refractivity contribution >= 4 is 6.08 Å². The van der Waals surface area contributed by atoms with Crippen LogP contribution in [0.4, 0.5) is 0 Å². The Bertz CT molecular complexity index is 231. The summed E-state index contributed by atoms with van der Waals surface area (Å²) in [6, 6.07) is 10.1. The number of hydroxylamine groups is 1. The fourth-order valence-corrected chi connectivity index (χ4v) is 0.826. The maximum atomic E-state index is 4.92. The molecule has 1 N–H and O–H groups in total. The Morgan fingerprint density at radius 3 is 2.75 bits per heavy atom. The van der Waals surface area contributed by atoms with Crippen molar-refractivity contribution in [1.29, 1.82) is 0 Å². The number of benzene rings is 1. The van der Waals surface area contributed by atoms with Crippen molar-refractivity contribution in [3.63, 3.8) is 0 Å². The van der Waals surface area contributed by atoms with Crippen LogP contribution in [0.2, 0.25) is 0 Å². The lowest BCUT2D eigenvalue weighted by Gasteiger charge is -1.96. The third-order valence-electron chi connectivity index (χ3n) is 1.37. The van der Waals surface area contributed by atoms with Crippen LogP contribution in [-0.2, 0) is 4.84 Å². The zero-order valence-electron chi connectivity index (χ0n) is 7.16. The van der Waals surface area contributed by atoms with Crippen molar-refractivity contribution in [3.8, 4) is 0 Å². The van der Waals surface area contributed by atoms with Crippen molar-refractivity contribution in [2.75, 3.05) is 6.61 Å². The molecule has 0 heterocycles. The van der Waals surface area contributed by atoms with E-state index in [1.165, 1.54) is 0 Å². The van der Waals surface area contributed by atoms with E-state index in [1.807, 2.05) is 43.3 Å². The summed E-state index contributed by atoms with van der Waals surface area (Å²) in [4.78, 5) is 4.92. The van der Waals surface area contributed by atoms with Crippen LogP contribution in [0.15, 0.2) is 36.5 Å². The van der Waals surface area contributed by atoms with Crippen molar-refractivity contribution in [2.24, 2.45) is 0 Å². The summed E-state index contributed by atoms with van der Waals surface area (Å²) in [5.74, 6) is 0. The molecule has 0 saturated carbocycles. The average Bonchev–Trinajstić information content (AvgIpc) is 2.14. The highest BCUT2D eigenvalue weighted by Crippen LogP contribution is 1.99. The van der Waals surface area contributed by atoms with Gasteiger partial charge in [-0.25, -0.2) is 0 Å². The number of rotatable bonds is 4. The Hall–Kier alpha value is -1.28. The molecule has 0 aromatic heterocycles. The third kappa shape index (κ3) is 3.21. The summed E-state index contributed by atoms with van der Waals surface area (Å²) < 4.78 is 0. The van der Waals surface area contributed by atoms with E-state index < -0.39 is 0 Å². The minimum atomic E-state index is 0.666. The minimum Gasteiger partial charge on any atom is -0.277 e.